The second-order valence-electron chi connectivity index (χ2n) is 3.30. The number of aryl methyl sites for hydroxylation is 1. The third-order valence-corrected chi connectivity index (χ3v) is 2.11. The van der Waals surface area contributed by atoms with E-state index in [-0.39, 0.29) is 18.8 Å². The Kier molecular flexibility index (Phi) is 4.65. The molecule has 0 unspecified atom stereocenters. The van der Waals surface area contributed by atoms with E-state index in [9.17, 15) is 8.78 Å². The van der Waals surface area contributed by atoms with E-state index < -0.39 is 11.6 Å². The van der Waals surface area contributed by atoms with Crippen LogP contribution < -0.4 is 0 Å². The summed E-state index contributed by atoms with van der Waals surface area (Å²) in [5, 5.41) is 8.60. The first-order valence-corrected chi connectivity index (χ1v) is 4.75. The number of benzene rings is 1. The number of ether oxygens (including phenoxy) is 1. The lowest BCUT2D eigenvalue weighted by Gasteiger charge is -2.06. The maximum Gasteiger partial charge on any atom is 0.131 e. The summed E-state index contributed by atoms with van der Waals surface area (Å²) in [4.78, 5) is 0. The molecular formula is C11H14F2O2. The molecule has 1 aromatic carbocycles. The Morgan fingerprint density at radius 2 is 1.87 bits per heavy atom. The van der Waals surface area contributed by atoms with Crippen LogP contribution >= 0.6 is 0 Å². The summed E-state index contributed by atoms with van der Waals surface area (Å²) < 4.78 is 31.4. The molecule has 0 amide bonds. The molecule has 0 aliphatic carbocycles. The van der Waals surface area contributed by atoms with Gasteiger partial charge in [-0.1, -0.05) is 0 Å². The maximum atomic E-state index is 13.3. The molecule has 4 heteroatoms. The van der Waals surface area contributed by atoms with Crippen molar-refractivity contribution in [1.82, 2.24) is 0 Å². The van der Waals surface area contributed by atoms with Crippen LogP contribution in [-0.2, 0) is 17.8 Å². The molecule has 2 nitrogen and oxygen atoms in total. The quantitative estimate of drug-likeness (QED) is 0.816. The molecule has 0 aromatic heterocycles. The fourth-order valence-electron chi connectivity index (χ4n) is 1.37. The van der Waals surface area contributed by atoms with Crippen molar-refractivity contribution in [2.45, 2.75) is 19.4 Å². The largest absolute Gasteiger partial charge is 0.396 e. The van der Waals surface area contributed by atoms with E-state index >= 15 is 0 Å². The molecule has 0 fully saturated rings. The van der Waals surface area contributed by atoms with Gasteiger partial charge in [0.2, 0.25) is 0 Å². The van der Waals surface area contributed by atoms with Crippen LogP contribution in [0.25, 0.3) is 0 Å². The molecule has 1 N–H and O–H groups in total. The van der Waals surface area contributed by atoms with Crippen molar-refractivity contribution in [3.05, 3.63) is 34.9 Å². The summed E-state index contributed by atoms with van der Waals surface area (Å²) in [5.74, 6) is -1.19. The molecule has 0 saturated carbocycles. The predicted octanol–water partition coefficient (Wildman–Crippen LogP) is 2.04. The fourth-order valence-corrected chi connectivity index (χ4v) is 1.37. The number of rotatable bonds is 5. The Hall–Kier alpha value is -1.00. The zero-order chi connectivity index (χ0) is 11.3. The molecule has 0 saturated heterocycles. The third kappa shape index (κ3) is 3.25. The topological polar surface area (TPSA) is 29.5 Å². The lowest BCUT2D eigenvalue weighted by atomic mass is 10.1. The summed E-state index contributed by atoms with van der Waals surface area (Å²) in [6.45, 7) is -0.0546. The molecule has 0 atom stereocenters. The molecule has 0 radical (unpaired) electrons. The van der Waals surface area contributed by atoms with Crippen LogP contribution in [0.2, 0.25) is 0 Å². The van der Waals surface area contributed by atoms with Crippen molar-refractivity contribution in [3.8, 4) is 0 Å². The first-order chi connectivity index (χ1) is 7.19. The zero-order valence-electron chi connectivity index (χ0n) is 8.59. The van der Waals surface area contributed by atoms with Gasteiger partial charge in [-0.25, -0.2) is 8.78 Å². The third-order valence-electron chi connectivity index (χ3n) is 2.11. The van der Waals surface area contributed by atoms with Gasteiger partial charge in [0.1, 0.15) is 11.6 Å². The Morgan fingerprint density at radius 1 is 1.27 bits per heavy atom. The lowest BCUT2D eigenvalue weighted by molar-refractivity contribution is 0.177. The molecule has 0 heterocycles. The number of hydrogen-bond acceptors (Lipinski definition) is 2. The highest BCUT2D eigenvalue weighted by molar-refractivity contribution is 5.26. The maximum absolute atomic E-state index is 13.3. The molecule has 84 valence electrons. The van der Waals surface area contributed by atoms with E-state index in [2.05, 4.69) is 0 Å². The first kappa shape index (κ1) is 12.1. The van der Waals surface area contributed by atoms with E-state index in [0.29, 0.717) is 18.4 Å². The van der Waals surface area contributed by atoms with E-state index in [0.717, 1.165) is 0 Å². The van der Waals surface area contributed by atoms with Gasteiger partial charge in [-0.15, -0.1) is 0 Å². The average Bonchev–Trinajstić information content (AvgIpc) is 2.20. The Labute approximate surface area is 87.5 Å². The van der Waals surface area contributed by atoms with Gasteiger partial charge >= 0.3 is 0 Å². The second kappa shape index (κ2) is 5.78. The summed E-state index contributed by atoms with van der Waals surface area (Å²) in [6, 6.07) is 2.57. The number of halogens is 2. The van der Waals surface area contributed by atoms with Crippen LogP contribution in [0.5, 0.6) is 0 Å². The van der Waals surface area contributed by atoms with E-state index in [4.69, 9.17) is 9.84 Å². The minimum absolute atomic E-state index is 0.0169. The number of aliphatic hydroxyl groups excluding tert-OH is 1. The molecule has 0 spiro atoms. The number of aliphatic hydroxyl groups is 1. The molecule has 1 rings (SSSR count). The van der Waals surface area contributed by atoms with Gasteiger partial charge in [0, 0.05) is 19.3 Å². The first-order valence-electron chi connectivity index (χ1n) is 4.75. The summed E-state index contributed by atoms with van der Waals surface area (Å²) in [7, 11) is 1.39. The highest BCUT2D eigenvalue weighted by atomic mass is 19.1. The van der Waals surface area contributed by atoms with Crippen molar-refractivity contribution in [2.75, 3.05) is 13.7 Å². The van der Waals surface area contributed by atoms with E-state index in [1.54, 1.807) is 0 Å². The Bertz CT molecular complexity index is 303. The van der Waals surface area contributed by atoms with Gasteiger partial charge in [-0.05, 0) is 30.5 Å². The number of methoxy groups -OCH3 is 1. The van der Waals surface area contributed by atoms with Gasteiger partial charge < -0.3 is 9.84 Å². The summed E-state index contributed by atoms with van der Waals surface area (Å²) >= 11 is 0. The van der Waals surface area contributed by atoms with Gasteiger partial charge in [-0.2, -0.15) is 0 Å². The average molecular weight is 216 g/mol. The Morgan fingerprint density at radius 3 is 2.33 bits per heavy atom. The van der Waals surface area contributed by atoms with Crippen molar-refractivity contribution in [3.63, 3.8) is 0 Å². The van der Waals surface area contributed by atoms with Crippen molar-refractivity contribution in [1.29, 1.82) is 0 Å². The van der Waals surface area contributed by atoms with Crippen LogP contribution in [-0.4, -0.2) is 18.8 Å². The molecule has 0 aliphatic rings. The van der Waals surface area contributed by atoms with Crippen molar-refractivity contribution < 1.29 is 18.6 Å². The predicted molar refractivity (Wildman–Crippen MR) is 52.5 cm³/mol. The van der Waals surface area contributed by atoms with Crippen LogP contribution in [0, 0.1) is 11.6 Å². The van der Waals surface area contributed by atoms with E-state index in [1.165, 1.54) is 19.2 Å². The SMILES string of the molecule is COCc1c(F)cc(CCCO)cc1F. The summed E-state index contributed by atoms with van der Waals surface area (Å²) in [6.07, 6.45) is 0.972. The molecule has 0 bridgehead atoms. The normalized spacial score (nSPS) is 10.7. The molecule has 15 heavy (non-hydrogen) atoms. The van der Waals surface area contributed by atoms with Crippen LogP contribution in [0.3, 0.4) is 0 Å². The zero-order valence-corrected chi connectivity index (χ0v) is 8.59. The standard InChI is InChI=1S/C11H14F2O2/c1-15-7-9-10(12)5-8(3-2-4-14)6-11(9)13/h5-6,14H,2-4,7H2,1H3. The molecule has 1 aromatic rings. The van der Waals surface area contributed by atoms with Gasteiger partial charge in [-0.3, -0.25) is 0 Å². The highest BCUT2D eigenvalue weighted by Crippen LogP contribution is 2.17. The number of hydrogen-bond donors (Lipinski definition) is 1. The van der Waals surface area contributed by atoms with Crippen LogP contribution in [0.4, 0.5) is 8.78 Å². The van der Waals surface area contributed by atoms with Crippen LogP contribution in [0.15, 0.2) is 12.1 Å². The molecular weight excluding hydrogens is 202 g/mol. The fraction of sp³-hybridized carbons (Fsp3) is 0.455. The lowest BCUT2D eigenvalue weighted by Crippen LogP contribution is -2.00. The second-order valence-corrected chi connectivity index (χ2v) is 3.30. The smallest absolute Gasteiger partial charge is 0.131 e. The van der Waals surface area contributed by atoms with E-state index in [1.807, 2.05) is 0 Å². The monoisotopic (exact) mass is 216 g/mol. The summed E-state index contributed by atoms with van der Waals surface area (Å²) in [5.41, 5.74) is 0.504. The van der Waals surface area contributed by atoms with Gasteiger partial charge in [0.05, 0.1) is 6.61 Å². The van der Waals surface area contributed by atoms with Crippen molar-refractivity contribution in [2.24, 2.45) is 0 Å². The minimum atomic E-state index is -0.593. The van der Waals surface area contributed by atoms with Gasteiger partial charge in [0.15, 0.2) is 0 Å². The minimum Gasteiger partial charge on any atom is -0.396 e. The van der Waals surface area contributed by atoms with Crippen LogP contribution in [0.1, 0.15) is 17.5 Å². The van der Waals surface area contributed by atoms with Gasteiger partial charge in [0.25, 0.3) is 0 Å². The molecule has 0 aliphatic heterocycles. The van der Waals surface area contributed by atoms with Crippen molar-refractivity contribution >= 4 is 0 Å². The highest BCUT2D eigenvalue weighted by Gasteiger charge is 2.10. The Balaban J connectivity index is 2.87.